The van der Waals surface area contributed by atoms with E-state index in [1.807, 2.05) is 0 Å². The van der Waals surface area contributed by atoms with Crippen LogP contribution in [-0.2, 0) is 6.42 Å². The first-order chi connectivity index (χ1) is 6.86. The molecular formula is C14H14O. The highest BCUT2D eigenvalue weighted by Crippen LogP contribution is 2.37. The largest absolute Gasteiger partial charge is 0.412 e. The predicted molar refractivity (Wildman–Crippen MR) is 63.0 cm³/mol. The molecule has 0 amide bonds. The van der Waals surface area contributed by atoms with Crippen LogP contribution in [0.5, 0.6) is 0 Å². The first-order valence-electron chi connectivity index (χ1n) is 5.03. The summed E-state index contributed by atoms with van der Waals surface area (Å²) >= 11 is 0. The topological polar surface area (TPSA) is 31.5 Å². The van der Waals surface area contributed by atoms with Gasteiger partial charge in [-0.3, -0.25) is 0 Å². The Labute approximate surface area is 89.7 Å². The van der Waals surface area contributed by atoms with Crippen LogP contribution in [0.4, 0.5) is 0 Å². The van der Waals surface area contributed by atoms with E-state index in [4.69, 9.17) is 0 Å². The Morgan fingerprint density at radius 3 is 2.47 bits per heavy atom. The molecule has 0 atom stereocenters. The Morgan fingerprint density at radius 1 is 0.867 bits per heavy atom. The molecule has 0 heterocycles. The van der Waals surface area contributed by atoms with Crippen molar-refractivity contribution in [1.29, 1.82) is 0 Å². The van der Waals surface area contributed by atoms with Crippen LogP contribution in [0.25, 0.3) is 11.1 Å². The molecule has 0 bridgehead atoms. The summed E-state index contributed by atoms with van der Waals surface area (Å²) in [4.78, 5) is 0. The van der Waals surface area contributed by atoms with Crippen LogP contribution >= 0.6 is 0 Å². The number of aryl methyl sites for hydroxylation is 1. The minimum atomic E-state index is 0. The molecule has 1 nitrogen and oxygen atoms in total. The predicted octanol–water partition coefficient (Wildman–Crippen LogP) is 2.74. The molecule has 2 aromatic carbocycles. The van der Waals surface area contributed by atoms with Gasteiger partial charge in [-0.1, -0.05) is 42.5 Å². The first kappa shape index (κ1) is 9.94. The van der Waals surface area contributed by atoms with Crippen molar-refractivity contribution < 1.29 is 5.48 Å². The Hall–Kier alpha value is -1.60. The molecular weight excluding hydrogens is 184 g/mol. The molecule has 0 aliphatic heterocycles. The smallest absolute Gasteiger partial charge is 0.00108 e. The van der Waals surface area contributed by atoms with Crippen molar-refractivity contribution >= 4 is 0 Å². The van der Waals surface area contributed by atoms with Gasteiger partial charge in [-0.15, -0.1) is 0 Å². The minimum Gasteiger partial charge on any atom is -0.412 e. The van der Waals surface area contributed by atoms with Crippen LogP contribution in [0.3, 0.4) is 0 Å². The van der Waals surface area contributed by atoms with Gasteiger partial charge in [-0.05, 0) is 41.2 Å². The van der Waals surface area contributed by atoms with E-state index in [-0.39, 0.29) is 5.48 Å². The molecule has 0 spiro atoms. The molecule has 2 aromatic rings. The fraction of sp³-hybridized carbons (Fsp3) is 0.143. The van der Waals surface area contributed by atoms with Gasteiger partial charge in [0.15, 0.2) is 0 Å². The van der Waals surface area contributed by atoms with Gasteiger partial charge in [-0.2, -0.15) is 0 Å². The number of benzene rings is 2. The van der Waals surface area contributed by atoms with Crippen molar-refractivity contribution in [3.05, 3.63) is 59.2 Å². The highest BCUT2D eigenvalue weighted by molar-refractivity contribution is 5.77. The van der Waals surface area contributed by atoms with Crippen molar-refractivity contribution in [2.75, 3.05) is 0 Å². The van der Waals surface area contributed by atoms with E-state index in [1.54, 1.807) is 0 Å². The second-order valence-electron chi connectivity index (χ2n) is 3.93. The summed E-state index contributed by atoms with van der Waals surface area (Å²) in [7, 11) is 0. The maximum Gasteiger partial charge on any atom is -0.00108 e. The second-order valence-corrected chi connectivity index (χ2v) is 3.93. The molecule has 0 radical (unpaired) electrons. The SMILES string of the molecule is Cc1cccc2c1Cc1ccccc1-2.O. The summed E-state index contributed by atoms with van der Waals surface area (Å²) in [6.45, 7) is 2.20. The minimum absolute atomic E-state index is 0. The van der Waals surface area contributed by atoms with Crippen LogP contribution in [0.2, 0.25) is 0 Å². The van der Waals surface area contributed by atoms with E-state index in [0.29, 0.717) is 0 Å². The van der Waals surface area contributed by atoms with Crippen LogP contribution in [0.1, 0.15) is 16.7 Å². The van der Waals surface area contributed by atoms with Crippen molar-refractivity contribution in [1.82, 2.24) is 0 Å². The molecule has 1 heteroatoms. The van der Waals surface area contributed by atoms with Crippen molar-refractivity contribution in [2.24, 2.45) is 0 Å². The van der Waals surface area contributed by atoms with Crippen LogP contribution < -0.4 is 0 Å². The normalized spacial score (nSPS) is 11.5. The summed E-state index contributed by atoms with van der Waals surface area (Å²) in [5, 5.41) is 0. The van der Waals surface area contributed by atoms with Crippen LogP contribution in [0.15, 0.2) is 42.5 Å². The lowest BCUT2D eigenvalue weighted by Gasteiger charge is -2.02. The Kier molecular flexibility index (Phi) is 2.33. The number of hydrogen-bond donors (Lipinski definition) is 0. The molecule has 1 aliphatic rings. The van der Waals surface area contributed by atoms with Crippen molar-refractivity contribution in [3.8, 4) is 11.1 Å². The monoisotopic (exact) mass is 198 g/mol. The number of hydrogen-bond acceptors (Lipinski definition) is 0. The summed E-state index contributed by atoms with van der Waals surface area (Å²) in [5.74, 6) is 0. The molecule has 1 aliphatic carbocycles. The fourth-order valence-corrected chi connectivity index (χ4v) is 2.32. The van der Waals surface area contributed by atoms with Gasteiger partial charge in [0.05, 0.1) is 0 Å². The van der Waals surface area contributed by atoms with Crippen molar-refractivity contribution in [3.63, 3.8) is 0 Å². The number of rotatable bonds is 0. The van der Waals surface area contributed by atoms with E-state index < -0.39 is 0 Å². The third-order valence-electron chi connectivity index (χ3n) is 3.09. The highest BCUT2D eigenvalue weighted by atomic mass is 16.0. The highest BCUT2D eigenvalue weighted by Gasteiger charge is 2.18. The van der Waals surface area contributed by atoms with Crippen molar-refractivity contribution in [2.45, 2.75) is 13.3 Å². The van der Waals surface area contributed by atoms with Crippen LogP contribution in [0, 0.1) is 6.92 Å². The number of fused-ring (bicyclic) bond motifs is 3. The zero-order valence-corrected chi connectivity index (χ0v) is 8.75. The summed E-state index contributed by atoms with van der Waals surface area (Å²) in [6, 6.07) is 15.3. The zero-order chi connectivity index (χ0) is 9.54. The quantitative estimate of drug-likeness (QED) is 0.532. The van der Waals surface area contributed by atoms with Crippen LogP contribution in [-0.4, -0.2) is 5.48 Å². The van der Waals surface area contributed by atoms with E-state index in [2.05, 4.69) is 49.4 Å². The average Bonchev–Trinajstić information content (AvgIpc) is 2.59. The molecule has 3 rings (SSSR count). The maximum absolute atomic E-state index is 2.23. The van der Waals surface area contributed by atoms with Gasteiger partial charge < -0.3 is 5.48 Å². The van der Waals surface area contributed by atoms with Gasteiger partial charge >= 0.3 is 0 Å². The molecule has 2 N–H and O–H groups in total. The molecule has 0 saturated carbocycles. The zero-order valence-electron chi connectivity index (χ0n) is 8.75. The Morgan fingerprint density at radius 2 is 1.60 bits per heavy atom. The molecule has 76 valence electrons. The first-order valence-corrected chi connectivity index (χ1v) is 5.03. The molecule has 0 unspecified atom stereocenters. The van der Waals surface area contributed by atoms with E-state index >= 15 is 0 Å². The molecule has 0 saturated heterocycles. The summed E-state index contributed by atoms with van der Waals surface area (Å²) in [6.07, 6.45) is 1.11. The lowest BCUT2D eigenvalue weighted by Crippen LogP contribution is -1.84. The lowest BCUT2D eigenvalue weighted by atomic mass is 10.0. The van der Waals surface area contributed by atoms with E-state index in [9.17, 15) is 0 Å². The standard InChI is InChI=1S/C14H12.H2O/c1-10-5-4-8-13-12-7-3-2-6-11(12)9-14(10)13;/h2-8H,9H2,1H3;1H2. The van der Waals surface area contributed by atoms with Gasteiger partial charge in [-0.25, -0.2) is 0 Å². The van der Waals surface area contributed by atoms with Gasteiger partial charge in [0, 0.05) is 0 Å². The molecule has 0 fully saturated rings. The lowest BCUT2D eigenvalue weighted by molar-refractivity contribution is 0.824. The maximum atomic E-state index is 2.23. The summed E-state index contributed by atoms with van der Waals surface area (Å²) in [5.41, 5.74) is 7.25. The average molecular weight is 198 g/mol. The summed E-state index contributed by atoms with van der Waals surface area (Å²) < 4.78 is 0. The fourth-order valence-electron chi connectivity index (χ4n) is 2.32. The van der Waals surface area contributed by atoms with Gasteiger partial charge in [0.25, 0.3) is 0 Å². The van der Waals surface area contributed by atoms with E-state index in [0.717, 1.165) is 6.42 Å². The second kappa shape index (κ2) is 3.52. The Balaban J connectivity index is 0.000000853. The van der Waals surface area contributed by atoms with Gasteiger partial charge in [0.1, 0.15) is 0 Å². The third-order valence-corrected chi connectivity index (χ3v) is 3.09. The third kappa shape index (κ3) is 1.36. The molecule has 0 aromatic heterocycles. The Bertz CT molecular complexity index is 500. The molecule has 15 heavy (non-hydrogen) atoms. The van der Waals surface area contributed by atoms with E-state index in [1.165, 1.54) is 27.8 Å². The van der Waals surface area contributed by atoms with Gasteiger partial charge in [0.2, 0.25) is 0 Å².